The SMILES string of the molecule is CCC1CCCN(C(=O)NC(C(=O)O)C2CC2)CC1. The van der Waals surface area contributed by atoms with Crippen molar-refractivity contribution in [2.24, 2.45) is 11.8 Å². The summed E-state index contributed by atoms with van der Waals surface area (Å²) in [5, 5.41) is 11.8. The first-order chi connectivity index (χ1) is 9.11. The minimum absolute atomic E-state index is 0.136. The van der Waals surface area contributed by atoms with Crippen LogP contribution in [0.4, 0.5) is 4.79 Å². The molecule has 2 N–H and O–H groups in total. The highest BCUT2D eigenvalue weighted by Crippen LogP contribution is 2.33. The molecule has 0 bridgehead atoms. The molecule has 0 spiro atoms. The van der Waals surface area contributed by atoms with Crippen molar-refractivity contribution in [3.8, 4) is 0 Å². The Kier molecular flexibility index (Phi) is 4.66. The Hall–Kier alpha value is -1.26. The highest BCUT2D eigenvalue weighted by molar-refractivity contribution is 5.83. The molecule has 5 nitrogen and oxygen atoms in total. The third-order valence-electron chi connectivity index (χ3n) is 4.35. The largest absolute Gasteiger partial charge is 0.480 e. The van der Waals surface area contributed by atoms with Gasteiger partial charge in [-0.1, -0.05) is 13.3 Å². The molecule has 2 fully saturated rings. The van der Waals surface area contributed by atoms with Gasteiger partial charge in [0.1, 0.15) is 6.04 Å². The van der Waals surface area contributed by atoms with Crippen LogP contribution in [0, 0.1) is 11.8 Å². The van der Waals surface area contributed by atoms with E-state index in [1.165, 1.54) is 6.42 Å². The fourth-order valence-electron chi connectivity index (χ4n) is 2.81. The van der Waals surface area contributed by atoms with E-state index in [9.17, 15) is 9.59 Å². The van der Waals surface area contributed by atoms with E-state index in [1.54, 1.807) is 4.90 Å². The molecule has 1 aliphatic carbocycles. The molecule has 1 heterocycles. The molecule has 1 saturated heterocycles. The Morgan fingerprint density at radius 1 is 1.26 bits per heavy atom. The molecule has 2 rings (SSSR count). The Balaban J connectivity index is 1.86. The summed E-state index contributed by atoms with van der Waals surface area (Å²) < 4.78 is 0. The van der Waals surface area contributed by atoms with Gasteiger partial charge in [0, 0.05) is 13.1 Å². The molecular weight excluding hydrogens is 244 g/mol. The monoisotopic (exact) mass is 268 g/mol. The summed E-state index contributed by atoms with van der Waals surface area (Å²) >= 11 is 0. The van der Waals surface area contributed by atoms with Gasteiger partial charge in [-0.05, 0) is 43.9 Å². The Labute approximate surface area is 114 Å². The number of urea groups is 1. The number of carboxylic acids is 1. The summed E-state index contributed by atoms with van der Waals surface area (Å²) in [6, 6.07) is -0.895. The average Bonchev–Trinajstić information content (AvgIpc) is 3.21. The van der Waals surface area contributed by atoms with E-state index in [4.69, 9.17) is 5.11 Å². The molecule has 0 aromatic heterocycles. The molecule has 2 unspecified atom stereocenters. The summed E-state index contributed by atoms with van der Waals surface area (Å²) in [6.07, 6.45) is 6.21. The van der Waals surface area contributed by atoms with E-state index in [2.05, 4.69) is 12.2 Å². The van der Waals surface area contributed by atoms with E-state index in [-0.39, 0.29) is 11.9 Å². The van der Waals surface area contributed by atoms with Crippen LogP contribution in [0.1, 0.15) is 45.4 Å². The maximum Gasteiger partial charge on any atom is 0.326 e. The van der Waals surface area contributed by atoms with Gasteiger partial charge in [-0.15, -0.1) is 0 Å². The molecule has 108 valence electrons. The van der Waals surface area contributed by atoms with Gasteiger partial charge >= 0.3 is 12.0 Å². The fourth-order valence-corrected chi connectivity index (χ4v) is 2.81. The van der Waals surface area contributed by atoms with Crippen molar-refractivity contribution in [1.82, 2.24) is 10.2 Å². The standard InChI is InChI=1S/C14H24N2O3/c1-2-10-4-3-8-16(9-7-10)14(19)15-12(13(17)18)11-5-6-11/h10-12H,2-9H2,1H3,(H,15,19)(H,17,18). The highest BCUT2D eigenvalue weighted by atomic mass is 16.4. The summed E-state index contributed by atoms with van der Waals surface area (Å²) in [5.41, 5.74) is 0. The van der Waals surface area contributed by atoms with Gasteiger partial charge in [-0.25, -0.2) is 9.59 Å². The number of amides is 2. The smallest absolute Gasteiger partial charge is 0.326 e. The van der Waals surface area contributed by atoms with E-state index in [0.29, 0.717) is 5.92 Å². The summed E-state index contributed by atoms with van der Waals surface area (Å²) in [5.74, 6) is -0.0644. The molecule has 2 amide bonds. The summed E-state index contributed by atoms with van der Waals surface area (Å²) in [7, 11) is 0. The predicted molar refractivity (Wildman–Crippen MR) is 71.9 cm³/mol. The van der Waals surface area contributed by atoms with Gasteiger partial charge in [-0.3, -0.25) is 0 Å². The second-order valence-electron chi connectivity index (χ2n) is 5.80. The lowest BCUT2D eigenvalue weighted by Crippen LogP contribution is -2.49. The van der Waals surface area contributed by atoms with Gasteiger partial charge in [0.2, 0.25) is 0 Å². The summed E-state index contributed by atoms with van der Waals surface area (Å²) in [6.45, 7) is 3.69. The maximum absolute atomic E-state index is 12.1. The van der Waals surface area contributed by atoms with Gasteiger partial charge < -0.3 is 15.3 Å². The number of aliphatic carboxylic acids is 1. The van der Waals surface area contributed by atoms with Gasteiger partial charge in [-0.2, -0.15) is 0 Å². The molecule has 0 radical (unpaired) electrons. The van der Waals surface area contributed by atoms with Crippen LogP contribution in [-0.2, 0) is 4.79 Å². The molecule has 2 aliphatic rings. The molecule has 19 heavy (non-hydrogen) atoms. The molecule has 1 saturated carbocycles. The topological polar surface area (TPSA) is 69.6 Å². The van der Waals surface area contributed by atoms with Crippen LogP contribution < -0.4 is 5.32 Å². The van der Waals surface area contributed by atoms with Crippen LogP contribution in [0.25, 0.3) is 0 Å². The first kappa shape index (κ1) is 14.2. The van der Waals surface area contributed by atoms with Crippen LogP contribution in [0.15, 0.2) is 0 Å². The zero-order valence-corrected chi connectivity index (χ0v) is 11.6. The quantitative estimate of drug-likeness (QED) is 0.820. The number of hydrogen-bond donors (Lipinski definition) is 2. The van der Waals surface area contributed by atoms with E-state index >= 15 is 0 Å². The number of nitrogens with zero attached hydrogens (tertiary/aromatic N) is 1. The van der Waals surface area contributed by atoms with Gasteiger partial charge in [0.25, 0.3) is 0 Å². The van der Waals surface area contributed by atoms with Crippen LogP contribution in [0.2, 0.25) is 0 Å². The second-order valence-corrected chi connectivity index (χ2v) is 5.80. The zero-order valence-electron chi connectivity index (χ0n) is 11.6. The van der Waals surface area contributed by atoms with Crippen molar-refractivity contribution in [2.45, 2.75) is 51.5 Å². The van der Waals surface area contributed by atoms with Crippen molar-refractivity contribution < 1.29 is 14.7 Å². The van der Waals surface area contributed by atoms with Crippen LogP contribution in [0.5, 0.6) is 0 Å². The molecule has 0 aromatic carbocycles. The van der Waals surface area contributed by atoms with Gasteiger partial charge in [0.05, 0.1) is 0 Å². The normalized spacial score (nSPS) is 25.5. The molecule has 5 heteroatoms. The van der Waals surface area contributed by atoms with E-state index in [0.717, 1.165) is 45.2 Å². The minimum atomic E-state index is -0.905. The van der Waals surface area contributed by atoms with Crippen molar-refractivity contribution in [2.75, 3.05) is 13.1 Å². The molecule has 0 aromatic rings. The third kappa shape index (κ3) is 3.85. The first-order valence-corrected chi connectivity index (χ1v) is 7.40. The van der Waals surface area contributed by atoms with Crippen molar-refractivity contribution in [3.05, 3.63) is 0 Å². The van der Waals surface area contributed by atoms with Crippen molar-refractivity contribution in [1.29, 1.82) is 0 Å². The summed E-state index contributed by atoms with van der Waals surface area (Å²) in [4.78, 5) is 25.1. The number of hydrogen-bond acceptors (Lipinski definition) is 2. The number of carbonyl (C=O) groups excluding carboxylic acids is 1. The number of rotatable bonds is 4. The number of carboxylic acid groups (broad SMARTS) is 1. The molecule has 2 atom stereocenters. The maximum atomic E-state index is 12.1. The van der Waals surface area contributed by atoms with Crippen molar-refractivity contribution in [3.63, 3.8) is 0 Å². The van der Waals surface area contributed by atoms with E-state index in [1.807, 2.05) is 0 Å². The third-order valence-corrected chi connectivity index (χ3v) is 4.35. The van der Waals surface area contributed by atoms with Crippen LogP contribution in [0.3, 0.4) is 0 Å². The molecule has 1 aliphatic heterocycles. The van der Waals surface area contributed by atoms with Crippen LogP contribution >= 0.6 is 0 Å². The predicted octanol–water partition coefficient (Wildman–Crippen LogP) is 2.07. The van der Waals surface area contributed by atoms with Crippen molar-refractivity contribution >= 4 is 12.0 Å². The fraction of sp³-hybridized carbons (Fsp3) is 0.857. The highest BCUT2D eigenvalue weighted by Gasteiger charge is 2.38. The second kappa shape index (κ2) is 6.26. The Morgan fingerprint density at radius 2 is 2.00 bits per heavy atom. The lowest BCUT2D eigenvalue weighted by atomic mass is 9.98. The van der Waals surface area contributed by atoms with Gasteiger partial charge in [0.15, 0.2) is 0 Å². The lowest BCUT2D eigenvalue weighted by Gasteiger charge is -2.23. The first-order valence-electron chi connectivity index (χ1n) is 7.40. The van der Waals surface area contributed by atoms with E-state index < -0.39 is 12.0 Å². The number of likely N-dealkylation sites (tertiary alicyclic amines) is 1. The lowest BCUT2D eigenvalue weighted by molar-refractivity contribution is -0.139. The Morgan fingerprint density at radius 3 is 2.58 bits per heavy atom. The minimum Gasteiger partial charge on any atom is -0.480 e. The number of carbonyl (C=O) groups is 2. The van der Waals surface area contributed by atoms with Crippen LogP contribution in [-0.4, -0.2) is 41.1 Å². The molecular formula is C14H24N2O3. The Bertz CT molecular complexity index is 342. The number of nitrogens with one attached hydrogen (secondary N) is 1. The average molecular weight is 268 g/mol. The zero-order chi connectivity index (χ0) is 13.8.